The summed E-state index contributed by atoms with van der Waals surface area (Å²) >= 11 is 0. The van der Waals surface area contributed by atoms with Crippen molar-refractivity contribution in [1.29, 1.82) is 0 Å². The third kappa shape index (κ3) is 2.01. The maximum atomic E-state index is 12.3. The summed E-state index contributed by atoms with van der Waals surface area (Å²) in [6.45, 7) is 0.815. The fourth-order valence-corrected chi connectivity index (χ4v) is 1.99. The number of carbonyl (C=O) groups excluding carboxylic acids is 2. The van der Waals surface area contributed by atoms with Crippen LogP contribution in [0.3, 0.4) is 0 Å². The van der Waals surface area contributed by atoms with Gasteiger partial charge in [0.15, 0.2) is 0 Å². The first kappa shape index (κ1) is 11.3. The smallest absolute Gasteiger partial charge is 0.255 e. The van der Waals surface area contributed by atoms with Crippen molar-refractivity contribution in [3.8, 4) is 0 Å². The van der Waals surface area contributed by atoms with Gasteiger partial charge in [0.05, 0.1) is 6.54 Å². The number of nitrogens with one attached hydrogen (secondary N) is 1. The molecular formula is C10H14F2N2O2. The molecule has 2 amide bonds. The van der Waals surface area contributed by atoms with Crippen molar-refractivity contribution < 1.29 is 18.4 Å². The Morgan fingerprint density at radius 3 is 2.56 bits per heavy atom. The van der Waals surface area contributed by atoms with Crippen LogP contribution in [0.1, 0.15) is 19.8 Å². The summed E-state index contributed by atoms with van der Waals surface area (Å²) in [5.74, 6) is -0.559. The van der Waals surface area contributed by atoms with Crippen LogP contribution < -0.4 is 5.32 Å². The Kier molecular flexibility index (Phi) is 2.82. The van der Waals surface area contributed by atoms with Gasteiger partial charge in [0, 0.05) is 0 Å². The molecule has 2 aliphatic rings. The van der Waals surface area contributed by atoms with Crippen molar-refractivity contribution in [2.24, 2.45) is 5.92 Å². The molecule has 2 unspecified atom stereocenters. The molecule has 2 atom stereocenters. The first-order chi connectivity index (χ1) is 7.50. The first-order valence-electron chi connectivity index (χ1n) is 5.39. The van der Waals surface area contributed by atoms with E-state index in [-0.39, 0.29) is 17.7 Å². The summed E-state index contributed by atoms with van der Waals surface area (Å²) in [5, 5.41) is 2.61. The van der Waals surface area contributed by atoms with Crippen molar-refractivity contribution in [3.05, 3.63) is 0 Å². The van der Waals surface area contributed by atoms with Crippen LogP contribution in [0.5, 0.6) is 0 Å². The lowest BCUT2D eigenvalue weighted by Gasteiger charge is -2.37. The molecule has 1 saturated heterocycles. The Labute approximate surface area is 92.0 Å². The van der Waals surface area contributed by atoms with Crippen molar-refractivity contribution in [2.75, 3.05) is 6.54 Å². The molecule has 6 heteroatoms. The van der Waals surface area contributed by atoms with Crippen molar-refractivity contribution in [1.82, 2.24) is 10.2 Å². The third-order valence-electron chi connectivity index (χ3n) is 3.12. The van der Waals surface area contributed by atoms with Gasteiger partial charge in [-0.3, -0.25) is 9.59 Å². The fourth-order valence-electron chi connectivity index (χ4n) is 1.99. The minimum absolute atomic E-state index is 0.143. The van der Waals surface area contributed by atoms with Gasteiger partial charge < -0.3 is 10.2 Å². The van der Waals surface area contributed by atoms with Crippen LogP contribution in [0.4, 0.5) is 8.78 Å². The van der Waals surface area contributed by atoms with Gasteiger partial charge in [0.2, 0.25) is 11.8 Å². The van der Waals surface area contributed by atoms with E-state index in [2.05, 4.69) is 5.32 Å². The number of rotatable bonds is 3. The second-order valence-electron chi connectivity index (χ2n) is 4.38. The van der Waals surface area contributed by atoms with Gasteiger partial charge in [-0.1, -0.05) is 0 Å². The summed E-state index contributed by atoms with van der Waals surface area (Å²) in [7, 11) is 0. The molecule has 1 heterocycles. The van der Waals surface area contributed by atoms with Crippen LogP contribution in [0.2, 0.25) is 0 Å². The number of hydrogen-bond acceptors (Lipinski definition) is 2. The van der Waals surface area contributed by atoms with E-state index in [4.69, 9.17) is 0 Å². The zero-order valence-corrected chi connectivity index (χ0v) is 8.95. The molecule has 4 nitrogen and oxygen atoms in total. The number of nitrogens with zero attached hydrogens (tertiary/aromatic N) is 1. The van der Waals surface area contributed by atoms with Crippen LogP contribution in [-0.4, -0.2) is 41.8 Å². The summed E-state index contributed by atoms with van der Waals surface area (Å²) in [5.41, 5.74) is 0. The van der Waals surface area contributed by atoms with Crippen molar-refractivity contribution in [3.63, 3.8) is 0 Å². The highest BCUT2D eigenvalue weighted by Gasteiger charge is 2.45. The Hall–Kier alpha value is -1.20. The van der Waals surface area contributed by atoms with Gasteiger partial charge in [-0.05, 0) is 25.7 Å². The number of alkyl halides is 2. The van der Waals surface area contributed by atoms with Crippen molar-refractivity contribution >= 4 is 11.8 Å². The van der Waals surface area contributed by atoms with E-state index in [9.17, 15) is 18.4 Å². The molecular weight excluding hydrogens is 218 g/mol. The van der Waals surface area contributed by atoms with Crippen LogP contribution in [0, 0.1) is 5.92 Å². The number of halogens is 2. The van der Waals surface area contributed by atoms with Crippen LogP contribution in [-0.2, 0) is 9.59 Å². The van der Waals surface area contributed by atoms with E-state index in [0.29, 0.717) is 0 Å². The number of piperazine rings is 1. The largest absolute Gasteiger partial charge is 0.342 e. The normalized spacial score (nSPS) is 30.9. The minimum atomic E-state index is -2.60. The maximum absolute atomic E-state index is 12.3. The highest BCUT2D eigenvalue weighted by molar-refractivity contribution is 5.97. The second-order valence-corrected chi connectivity index (χ2v) is 4.38. The monoisotopic (exact) mass is 232 g/mol. The maximum Gasteiger partial charge on any atom is 0.255 e. The van der Waals surface area contributed by atoms with Crippen LogP contribution in [0.25, 0.3) is 0 Å². The lowest BCUT2D eigenvalue weighted by molar-refractivity contribution is -0.151. The van der Waals surface area contributed by atoms with E-state index >= 15 is 0 Å². The molecule has 16 heavy (non-hydrogen) atoms. The molecule has 0 bridgehead atoms. The standard InChI is InChI=1S/C10H14F2N2O2/c1-5-9(15)13-8(6-2-3-6)10(16)14(5)4-7(11)12/h5-8H,2-4H2,1H3,(H,13,15). The lowest BCUT2D eigenvalue weighted by Crippen LogP contribution is -2.63. The Morgan fingerprint density at radius 1 is 1.44 bits per heavy atom. The predicted molar refractivity (Wildman–Crippen MR) is 51.8 cm³/mol. The van der Waals surface area contributed by atoms with Crippen LogP contribution in [0.15, 0.2) is 0 Å². The molecule has 2 rings (SSSR count). The SMILES string of the molecule is CC1C(=O)NC(C2CC2)C(=O)N1CC(F)F. The molecule has 2 fully saturated rings. The quantitative estimate of drug-likeness (QED) is 0.764. The summed E-state index contributed by atoms with van der Waals surface area (Å²) in [6, 6.07) is -1.38. The first-order valence-corrected chi connectivity index (χ1v) is 5.39. The lowest BCUT2D eigenvalue weighted by atomic mass is 10.0. The van der Waals surface area contributed by atoms with E-state index in [0.717, 1.165) is 17.7 Å². The highest BCUT2D eigenvalue weighted by Crippen LogP contribution is 2.35. The Bertz CT molecular complexity index is 318. The third-order valence-corrected chi connectivity index (χ3v) is 3.12. The van der Waals surface area contributed by atoms with E-state index < -0.39 is 25.1 Å². The second kappa shape index (κ2) is 3.99. The van der Waals surface area contributed by atoms with Crippen LogP contribution >= 0.6 is 0 Å². The summed E-state index contributed by atoms with van der Waals surface area (Å²) in [6.07, 6.45) is -0.835. The molecule has 90 valence electrons. The van der Waals surface area contributed by atoms with E-state index in [1.54, 1.807) is 0 Å². The molecule has 0 aromatic carbocycles. The molecule has 1 aliphatic carbocycles. The summed E-state index contributed by atoms with van der Waals surface area (Å²) in [4.78, 5) is 24.4. The molecule has 0 aromatic heterocycles. The molecule has 0 spiro atoms. The minimum Gasteiger partial charge on any atom is -0.342 e. The highest BCUT2D eigenvalue weighted by atomic mass is 19.3. The van der Waals surface area contributed by atoms with E-state index in [1.165, 1.54) is 6.92 Å². The van der Waals surface area contributed by atoms with Gasteiger partial charge in [-0.15, -0.1) is 0 Å². The van der Waals surface area contributed by atoms with Gasteiger partial charge in [-0.25, -0.2) is 8.78 Å². The summed E-state index contributed by atoms with van der Waals surface area (Å²) < 4.78 is 24.6. The van der Waals surface area contributed by atoms with Gasteiger partial charge >= 0.3 is 0 Å². The van der Waals surface area contributed by atoms with E-state index in [1.807, 2.05) is 0 Å². The topological polar surface area (TPSA) is 49.4 Å². The average Bonchev–Trinajstić information content (AvgIpc) is 3.01. The molecule has 0 aromatic rings. The van der Waals surface area contributed by atoms with Crippen molar-refractivity contribution in [2.45, 2.75) is 38.3 Å². The number of carbonyl (C=O) groups is 2. The average molecular weight is 232 g/mol. The molecule has 0 radical (unpaired) electrons. The predicted octanol–water partition coefficient (Wildman–Crippen LogP) is 0.377. The van der Waals surface area contributed by atoms with Gasteiger partial charge in [0.25, 0.3) is 6.43 Å². The molecule has 1 saturated carbocycles. The number of hydrogen-bond donors (Lipinski definition) is 1. The Morgan fingerprint density at radius 2 is 2.06 bits per heavy atom. The molecule has 1 N–H and O–H groups in total. The van der Waals surface area contributed by atoms with Gasteiger partial charge in [-0.2, -0.15) is 0 Å². The van der Waals surface area contributed by atoms with Gasteiger partial charge in [0.1, 0.15) is 12.1 Å². The molecule has 1 aliphatic heterocycles. The fraction of sp³-hybridized carbons (Fsp3) is 0.800. The Balaban J connectivity index is 2.12. The zero-order valence-electron chi connectivity index (χ0n) is 8.95. The number of amides is 2. The zero-order chi connectivity index (χ0) is 11.9.